The molecule has 4 N–H and O–H groups in total. The molecule has 1 aromatic heterocycles. The Morgan fingerprint density at radius 3 is 3.13 bits per heavy atom. The third-order valence-electron chi connectivity index (χ3n) is 3.13. The lowest BCUT2D eigenvalue weighted by Crippen LogP contribution is -2.40. The summed E-state index contributed by atoms with van der Waals surface area (Å²) in [7, 11) is 0. The minimum atomic E-state index is 0.287. The summed E-state index contributed by atoms with van der Waals surface area (Å²) in [5, 5.41) is 3.58. The molecule has 1 aromatic rings. The van der Waals surface area contributed by atoms with Gasteiger partial charge in [-0.05, 0) is 26.2 Å². The lowest BCUT2D eigenvalue weighted by atomic mass is 9.91. The summed E-state index contributed by atoms with van der Waals surface area (Å²) in [6.07, 6.45) is 8.39. The first-order chi connectivity index (χ1) is 7.25. The van der Waals surface area contributed by atoms with Crippen molar-refractivity contribution in [2.75, 3.05) is 0 Å². The van der Waals surface area contributed by atoms with Gasteiger partial charge in [0.15, 0.2) is 0 Å². The standard InChI is InChI=1S/C11H20N4/c1-8(11-13-5-6-14-11)15-10-4-2-3-9(12)7-10/h5-6,8-10,15H,2-4,7,12H2,1H3,(H,13,14). The lowest BCUT2D eigenvalue weighted by Gasteiger charge is -2.29. The van der Waals surface area contributed by atoms with Crippen LogP contribution in [-0.4, -0.2) is 22.1 Å². The molecule has 3 atom stereocenters. The first-order valence-electron chi connectivity index (χ1n) is 5.76. The topological polar surface area (TPSA) is 66.7 Å². The molecule has 1 aliphatic carbocycles. The molecule has 3 unspecified atom stereocenters. The van der Waals surface area contributed by atoms with Gasteiger partial charge in [-0.25, -0.2) is 4.98 Å². The molecule has 4 nitrogen and oxygen atoms in total. The molecular weight excluding hydrogens is 188 g/mol. The Morgan fingerprint density at radius 1 is 1.60 bits per heavy atom. The van der Waals surface area contributed by atoms with Crippen LogP contribution >= 0.6 is 0 Å². The molecule has 0 amide bonds. The van der Waals surface area contributed by atoms with Crippen molar-refractivity contribution in [1.29, 1.82) is 0 Å². The van der Waals surface area contributed by atoms with Crippen molar-refractivity contribution < 1.29 is 0 Å². The number of rotatable bonds is 3. The quantitative estimate of drug-likeness (QED) is 0.702. The zero-order valence-corrected chi connectivity index (χ0v) is 9.24. The molecule has 84 valence electrons. The molecule has 0 aromatic carbocycles. The Balaban J connectivity index is 1.86. The predicted octanol–water partition coefficient (Wildman–Crippen LogP) is 1.33. The van der Waals surface area contributed by atoms with Crippen molar-refractivity contribution in [3.05, 3.63) is 18.2 Å². The van der Waals surface area contributed by atoms with Gasteiger partial charge in [0.25, 0.3) is 0 Å². The number of hydrogen-bond acceptors (Lipinski definition) is 3. The first kappa shape index (κ1) is 10.6. The van der Waals surface area contributed by atoms with E-state index in [4.69, 9.17) is 5.73 Å². The number of hydrogen-bond donors (Lipinski definition) is 3. The van der Waals surface area contributed by atoms with Crippen LogP contribution in [0, 0.1) is 0 Å². The Labute approximate surface area is 90.7 Å². The second-order valence-corrected chi connectivity index (χ2v) is 4.49. The first-order valence-corrected chi connectivity index (χ1v) is 5.76. The summed E-state index contributed by atoms with van der Waals surface area (Å²) in [5.74, 6) is 1.01. The molecule has 1 fully saturated rings. The number of imidazole rings is 1. The molecule has 15 heavy (non-hydrogen) atoms. The minimum absolute atomic E-state index is 0.287. The van der Waals surface area contributed by atoms with Gasteiger partial charge in [-0.3, -0.25) is 0 Å². The van der Waals surface area contributed by atoms with E-state index in [1.54, 1.807) is 6.20 Å². The number of nitrogens with two attached hydrogens (primary N) is 1. The van der Waals surface area contributed by atoms with Crippen LogP contribution in [0.2, 0.25) is 0 Å². The maximum absolute atomic E-state index is 5.96. The van der Waals surface area contributed by atoms with Crippen molar-refractivity contribution in [3.63, 3.8) is 0 Å². The number of nitrogens with one attached hydrogen (secondary N) is 2. The van der Waals surface area contributed by atoms with Gasteiger partial charge in [0.05, 0.1) is 6.04 Å². The number of aromatic amines is 1. The van der Waals surface area contributed by atoms with E-state index in [0.717, 1.165) is 12.2 Å². The smallest absolute Gasteiger partial charge is 0.122 e. The Kier molecular flexibility index (Phi) is 3.38. The summed E-state index contributed by atoms with van der Waals surface area (Å²) < 4.78 is 0. The summed E-state index contributed by atoms with van der Waals surface area (Å²) in [6.45, 7) is 2.14. The van der Waals surface area contributed by atoms with E-state index < -0.39 is 0 Å². The Morgan fingerprint density at radius 2 is 2.47 bits per heavy atom. The molecule has 1 aliphatic rings. The minimum Gasteiger partial charge on any atom is -0.347 e. The van der Waals surface area contributed by atoms with Crippen molar-refractivity contribution in [1.82, 2.24) is 15.3 Å². The van der Waals surface area contributed by atoms with Crippen molar-refractivity contribution in [3.8, 4) is 0 Å². The zero-order chi connectivity index (χ0) is 10.7. The normalized spacial score (nSPS) is 28.9. The van der Waals surface area contributed by atoms with Gasteiger partial charge >= 0.3 is 0 Å². The van der Waals surface area contributed by atoms with Gasteiger partial charge in [-0.2, -0.15) is 0 Å². The molecular formula is C11H20N4. The van der Waals surface area contributed by atoms with E-state index in [-0.39, 0.29) is 6.04 Å². The van der Waals surface area contributed by atoms with Crippen LogP contribution in [0.4, 0.5) is 0 Å². The average molecular weight is 208 g/mol. The average Bonchev–Trinajstić information content (AvgIpc) is 2.70. The predicted molar refractivity (Wildman–Crippen MR) is 60.4 cm³/mol. The highest BCUT2D eigenvalue weighted by Crippen LogP contribution is 2.19. The number of H-pyrrole nitrogens is 1. The molecule has 1 saturated carbocycles. The van der Waals surface area contributed by atoms with Gasteiger partial charge in [0.1, 0.15) is 5.82 Å². The van der Waals surface area contributed by atoms with Crippen molar-refractivity contribution in [2.24, 2.45) is 5.73 Å². The van der Waals surface area contributed by atoms with E-state index in [9.17, 15) is 0 Å². The SMILES string of the molecule is CC(NC1CCCC(N)C1)c1ncc[nH]1. The van der Waals surface area contributed by atoms with E-state index >= 15 is 0 Å². The fourth-order valence-corrected chi connectivity index (χ4v) is 2.33. The van der Waals surface area contributed by atoms with Crippen LogP contribution in [0.3, 0.4) is 0 Å². The maximum atomic E-state index is 5.96. The molecule has 1 heterocycles. The maximum Gasteiger partial charge on any atom is 0.122 e. The monoisotopic (exact) mass is 208 g/mol. The largest absolute Gasteiger partial charge is 0.347 e. The molecule has 0 bridgehead atoms. The summed E-state index contributed by atoms with van der Waals surface area (Å²) in [6, 6.07) is 1.21. The molecule has 0 radical (unpaired) electrons. The number of aromatic nitrogens is 2. The molecule has 2 rings (SSSR count). The fraction of sp³-hybridized carbons (Fsp3) is 0.727. The van der Waals surface area contributed by atoms with E-state index in [1.807, 2.05) is 6.20 Å². The van der Waals surface area contributed by atoms with Crippen LogP contribution in [-0.2, 0) is 0 Å². The Bertz CT molecular complexity index is 283. The van der Waals surface area contributed by atoms with Crippen LogP contribution < -0.4 is 11.1 Å². The number of nitrogens with zero attached hydrogens (tertiary/aromatic N) is 1. The van der Waals surface area contributed by atoms with E-state index in [1.165, 1.54) is 19.3 Å². The third-order valence-corrected chi connectivity index (χ3v) is 3.13. The van der Waals surface area contributed by atoms with Gasteiger partial charge in [0.2, 0.25) is 0 Å². The van der Waals surface area contributed by atoms with Crippen molar-refractivity contribution >= 4 is 0 Å². The van der Waals surface area contributed by atoms with E-state index in [0.29, 0.717) is 12.1 Å². The van der Waals surface area contributed by atoms with Crippen LogP contribution in [0.5, 0.6) is 0 Å². The Hall–Kier alpha value is -0.870. The fourth-order valence-electron chi connectivity index (χ4n) is 2.33. The highest BCUT2D eigenvalue weighted by atomic mass is 15.0. The molecule has 4 heteroatoms. The zero-order valence-electron chi connectivity index (χ0n) is 9.24. The summed E-state index contributed by atoms with van der Waals surface area (Å²) >= 11 is 0. The van der Waals surface area contributed by atoms with Gasteiger partial charge in [0, 0.05) is 24.5 Å². The molecule has 0 spiro atoms. The van der Waals surface area contributed by atoms with Crippen LogP contribution in [0.25, 0.3) is 0 Å². The highest BCUT2D eigenvalue weighted by Gasteiger charge is 2.21. The third kappa shape index (κ3) is 2.79. The highest BCUT2D eigenvalue weighted by molar-refractivity contribution is 4.95. The second kappa shape index (κ2) is 4.77. The van der Waals surface area contributed by atoms with Gasteiger partial charge < -0.3 is 16.0 Å². The van der Waals surface area contributed by atoms with Gasteiger partial charge in [-0.1, -0.05) is 6.42 Å². The van der Waals surface area contributed by atoms with Crippen molar-refractivity contribution in [2.45, 2.75) is 50.7 Å². The molecule has 0 saturated heterocycles. The van der Waals surface area contributed by atoms with Crippen LogP contribution in [0.1, 0.15) is 44.5 Å². The van der Waals surface area contributed by atoms with Crippen LogP contribution in [0.15, 0.2) is 12.4 Å². The molecule has 0 aliphatic heterocycles. The second-order valence-electron chi connectivity index (χ2n) is 4.49. The van der Waals surface area contributed by atoms with Gasteiger partial charge in [-0.15, -0.1) is 0 Å². The summed E-state index contributed by atoms with van der Waals surface area (Å²) in [4.78, 5) is 7.38. The van der Waals surface area contributed by atoms with E-state index in [2.05, 4.69) is 22.2 Å². The summed E-state index contributed by atoms with van der Waals surface area (Å²) in [5.41, 5.74) is 5.96. The lowest BCUT2D eigenvalue weighted by molar-refractivity contribution is 0.315.